The first-order valence-electron chi connectivity index (χ1n) is 10.3. The Balaban J connectivity index is 1.56. The van der Waals surface area contributed by atoms with E-state index in [0.717, 1.165) is 16.6 Å². The highest BCUT2D eigenvalue weighted by Crippen LogP contribution is 2.17. The molecule has 0 radical (unpaired) electrons. The summed E-state index contributed by atoms with van der Waals surface area (Å²) >= 11 is 5.89. The third-order valence-corrected chi connectivity index (χ3v) is 7.57. The van der Waals surface area contributed by atoms with E-state index >= 15 is 0 Å². The molecule has 32 heavy (non-hydrogen) atoms. The number of hydrogen-bond acceptors (Lipinski definition) is 5. The normalized spacial score (nSPS) is 16.2. The van der Waals surface area contributed by atoms with Gasteiger partial charge in [-0.05, 0) is 35.4 Å². The average molecular weight is 474 g/mol. The SMILES string of the molecule is Cn1cc(C(=O)NCc2ccc(Cl)cc2)c(=O)c2cc(CN3CCS(=O)(=O)CC3)ccc21. The Hall–Kier alpha value is -2.68. The molecule has 4 rings (SSSR count). The molecule has 1 N–H and O–H groups in total. The molecule has 1 aliphatic rings. The van der Waals surface area contributed by atoms with E-state index in [2.05, 4.69) is 10.2 Å². The summed E-state index contributed by atoms with van der Waals surface area (Å²) in [6.45, 7) is 1.80. The highest BCUT2D eigenvalue weighted by atomic mass is 35.5. The summed E-state index contributed by atoms with van der Waals surface area (Å²) in [6.07, 6.45) is 1.55. The molecule has 1 fully saturated rings. The maximum absolute atomic E-state index is 13.1. The zero-order chi connectivity index (χ0) is 22.9. The van der Waals surface area contributed by atoms with Crippen LogP contribution >= 0.6 is 11.6 Å². The molecule has 0 spiro atoms. The van der Waals surface area contributed by atoms with E-state index in [4.69, 9.17) is 11.6 Å². The van der Waals surface area contributed by atoms with Crippen LogP contribution in [-0.2, 0) is 30.0 Å². The summed E-state index contributed by atoms with van der Waals surface area (Å²) < 4.78 is 25.1. The van der Waals surface area contributed by atoms with Crippen molar-refractivity contribution in [3.05, 3.63) is 80.6 Å². The van der Waals surface area contributed by atoms with E-state index < -0.39 is 15.7 Å². The van der Waals surface area contributed by atoms with Crippen molar-refractivity contribution in [2.45, 2.75) is 13.1 Å². The average Bonchev–Trinajstić information content (AvgIpc) is 2.77. The minimum absolute atomic E-state index is 0.0789. The minimum Gasteiger partial charge on any atom is -0.350 e. The molecule has 0 aliphatic carbocycles. The van der Waals surface area contributed by atoms with E-state index in [-0.39, 0.29) is 29.0 Å². The number of nitrogens with zero attached hydrogens (tertiary/aromatic N) is 2. The molecular weight excluding hydrogens is 450 g/mol. The number of hydrogen-bond donors (Lipinski definition) is 1. The Bertz CT molecular complexity index is 1320. The van der Waals surface area contributed by atoms with Crippen LogP contribution in [0.2, 0.25) is 5.02 Å². The number of halogens is 1. The minimum atomic E-state index is -2.94. The van der Waals surface area contributed by atoms with Crippen molar-refractivity contribution in [2.24, 2.45) is 7.05 Å². The molecule has 3 aromatic rings. The smallest absolute Gasteiger partial charge is 0.257 e. The van der Waals surface area contributed by atoms with Gasteiger partial charge in [-0.25, -0.2) is 8.42 Å². The van der Waals surface area contributed by atoms with Crippen LogP contribution in [0.3, 0.4) is 0 Å². The molecule has 1 aliphatic heterocycles. The van der Waals surface area contributed by atoms with Gasteiger partial charge < -0.3 is 9.88 Å². The fraction of sp³-hybridized carbons (Fsp3) is 0.304. The molecule has 168 valence electrons. The second-order valence-electron chi connectivity index (χ2n) is 8.07. The number of rotatable bonds is 5. The summed E-state index contributed by atoms with van der Waals surface area (Å²) in [4.78, 5) is 27.9. The van der Waals surface area contributed by atoms with E-state index in [1.165, 1.54) is 0 Å². The highest BCUT2D eigenvalue weighted by Gasteiger charge is 2.22. The first-order valence-corrected chi connectivity index (χ1v) is 12.5. The molecule has 2 heterocycles. The predicted molar refractivity (Wildman–Crippen MR) is 126 cm³/mol. The van der Waals surface area contributed by atoms with Crippen molar-refractivity contribution < 1.29 is 13.2 Å². The number of carbonyl (C=O) groups excluding carboxylic acids is 1. The Morgan fingerprint density at radius 1 is 1.06 bits per heavy atom. The Kier molecular flexibility index (Phi) is 6.37. The number of sulfone groups is 1. The van der Waals surface area contributed by atoms with Gasteiger partial charge in [0.25, 0.3) is 5.91 Å². The van der Waals surface area contributed by atoms with Gasteiger partial charge in [0.1, 0.15) is 5.56 Å². The lowest BCUT2D eigenvalue weighted by Crippen LogP contribution is -2.39. The largest absolute Gasteiger partial charge is 0.350 e. The van der Waals surface area contributed by atoms with Gasteiger partial charge in [-0.15, -0.1) is 0 Å². The number of nitrogens with one attached hydrogen (secondary N) is 1. The van der Waals surface area contributed by atoms with Crippen molar-refractivity contribution in [3.8, 4) is 0 Å². The second-order valence-corrected chi connectivity index (χ2v) is 10.8. The molecular formula is C23H24ClN3O4S. The Labute approximate surface area is 191 Å². The zero-order valence-corrected chi connectivity index (χ0v) is 19.2. The molecule has 7 nitrogen and oxygen atoms in total. The van der Waals surface area contributed by atoms with E-state index in [0.29, 0.717) is 30.0 Å². The number of benzene rings is 2. The number of carbonyl (C=O) groups is 1. The lowest BCUT2D eigenvalue weighted by molar-refractivity contribution is 0.0949. The topological polar surface area (TPSA) is 88.5 Å². The fourth-order valence-corrected chi connectivity index (χ4v) is 5.25. The van der Waals surface area contributed by atoms with Crippen LogP contribution in [0.15, 0.2) is 53.5 Å². The van der Waals surface area contributed by atoms with Gasteiger partial charge in [0.05, 0.1) is 17.0 Å². The third-order valence-electron chi connectivity index (χ3n) is 5.71. The van der Waals surface area contributed by atoms with Gasteiger partial charge in [0.15, 0.2) is 9.84 Å². The lowest BCUT2D eigenvalue weighted by Gasteiger charge is -2.26. The van der Waals surface area contributed by atoms with Gasteiger partial charge in [-0.1, -0.05) is 29.8 Å². The fourth-order valence-electron chi connectivity index (χ4n) is 3.85. The van der Waals surface area contributed by atoms with Gasteiger partial charge in [-0.2, -0.15) is 0 Å². The number of aryl methyl sites for hydroxylation is 1. The predicted octanol–water partition coefficient (Wildman–Crippen LogP) is 2.35. The third kappa shape index (κ3) is 5.03. The van der Waals surface area contributed by atoms with Gasteiger partial charge >= 0.3 is 0 Å². The molecule has 1 amide bonds. The van der Waals surface area contributed by atoms with E-state index in [1.807, 2.05) is 24.3 Å². The van der Waals surface area contributed by atoms with Crippen molar-refractivity contribution in [3.63, 3.8) is 0 Å². The maximum Gasteiger partial charge on any atom is 0.257 e. The van der Waals surface area contributed by atoms with Gasteiger partial charge in [-0.3, -0.25) is 14.5 Å². The Morgan fingerprint density at radius 3 is 2.41 bits per heavy atom. The summed E-state index contributed by atoms with van der Waals surface area (Å²) in [7, 11) is -1.15. The molecule has 1 aromatic heterocycles. The molecule has 9 heteroatoms. The van der Waals surface area contributed by atoms with E-state index in [1.54, 1.807) is 36.0 Å². The van der Waals surface area contributed by atoms with Crippen LogP contribution < -0.4 is 10.7 Å². The van der Waals surface area contributed by atoms with Gasteiger partial charge in [0, 0.05) is 49.8 Å². The molecule has 2 aromatic carbocycles. The number of pyridine rings is 1. The van der Waals surface area contributed by atoms with Crippen molar-refractivity contribution in [1.82, 2.24) is 14.8 Å². The zero-order valence-electron chi connectivity index (χ0n) is 17.7. The standard InChI is InChI=1S/C23H24ClN3O4S/c1-26-15-20(23(29)25-13-16-2-5-18(24)6-3-16)22(28)19-12-17(4-7-21(19)26)14-27-8-10-32(30,31)11-9-27/h2-7,12,15H,8-11,13-14H2,1H3,(H,25,29). The highest BCUT2D eigenvalue weighted by molar-refractivity contribution is 7.91. The first-order chi connectivity index (χ1) is 15.2. The Morgan fingerprint density at radius 2 is 1.72 bits per heavy atom. The molecule has 0 saturated carbocycles. The lowest BCUT2D eigenvalue weighted by atomic mass is 10.1. The van der Waals surface area contributed by atoms with Crippen molar-refractivity contribution >= 4 is 38.2 Å². The van der Waals surface area contributed by atoms with Crippen LogP contribution in [0.1, 0.15) is 21.5 Å². The quantitative estimate of drug-likeness (QED) is 0.614. The van der Waals surface area contributed by atoms with Crippen LogP contribution in [0.5, 0.6) is 0 Å². The van der Waals surface area contributed by atoms with Crippen LogP contribution in [-0.4, -0.2) is 48.4 Å². The molecule has 0 bridgehead atoms. The number of aromatic nitrogens is 1. The first kappa shape index (κ1) is 22.5. The van der Waals surface area contributed by atoms with Gasteiger partial charge in [0.2, 0.25) is 5.43 Å². The maximum atomic E-state index is 13.1. The molecule has 0 unspecified atom stereocenters. The summed E-state index contributed by atoms with van der Waals surface area (Å²) in [6, 6.07) is 12.7. The van der Waals surface area contributed by atoms with E-state index in [9.17, 15) is 18.0 Å². The number of fused-ring (bicyclic) bond motifs is 1. The summed E-state index contributed by atoms with van der Waals surface area (Å²) in [5, 5.41) is 3.88. The van der Waals surface area contributed by atoms with Crippen LogP contribution in [0.25, 0.3) is 10.9 Å². The summed E-state index contributed by atoms with van der Waals surface area (Å²) in [5.41, 5.74) is 2.28. The second kappa shape index (κ2) is 9.05. The molecule has 0 atom stereocenters. The summed E-state index contributed by atoms with van der Waals surface area (Å²) in [5.74, 6) is -0.130. The van der Waals surface area contributed by atoms with Crippen LogP contribution in [0, 0.1) is 0 Å². The molecule has 1 saturated heterocycles. The van der Waals surface area contributed by atoms with Crippen molar-refractivity contribution in [2.75, 3.05) is 24.6 Å². The van der Waals surface area contributed by atoms with Crippen molar-refractivity contribution in [1.29, 1.82) is 0 Å². The number of amides is 1. The van der Waals surface area contributed by atoms with Crippen LogP contribution in [0.4, 0.5) is 0 Å². The monoisotopic (exact) mass is 473 g/mol.